The Labute approximate surface area is 145 Å². The first kappa shape index (κ1) is 18.1. The summed E-state index contributed by atoms with van der Waals surface area (Å²) in [7, 11) is -1.98. The SMILES string of the molecule is CSC1N=C2C=CN(C)C=C2S1.Cc1ccc(S(=O)(=O)O)cc1. The van der Waals surface area contributed by atoms with E-state index >= 15 is 0 Å². The minimum atomic E-state index is -4.02. The second kappa shape index (κ2) is 7.57. The van der Waals surface area contributed by atoms with Crippen molar-refractivity contribution >= 4 is 39.4 Å². The van der Waals surface area contributed by atoms with Gasteiger partial charge in [0.2, 0.25) is 0 Å². The maximum absolute atomic E-state index is 10.5. The summed E-state index contributed by atoms with van der Waals surface area (Å²) in [6.07, 6.45) is 8.32. The topological polar surface area (TPSA) is 70.0 Å². The van der Waals surface area contributed by atoms with Crippen molar-refractivity contribution < 1.29 is 13.0 Å². The third kappa shape index (κ3) is 5.13. The first-order valence-electron chi connectivity index (χ1n) is 6.73. The summed E-state index contributed by atoms with van der Waals surface area (Å²) < 4.78 is 29.9. The van der Waals surface area contributed by atoms with Gasteiger partial charge in [-0.05, 0) is 31.4 Å². The maximum Gasteiger partial charge on any atom is 0.294 e. The van der Waals surface area contributed by atoms with E-state index in [0.29, 0.717) is 4.71 Å². The summed E-state index contributed by atoms with van der Waals surface area (Å²) in [5.74, 6) is 0. The minimum Gasteiger partial charge on any atom is -0.356 e. The second-order valence-electron chi connectivity index (χ2n) is 4.94. The Bertz CT molecular complexity index is 753. The Morgan fingerprint density at radius 1 is 1.30 bits per heavy atom. The molecule has 5 nitrogen and oxygen atoms in total. The molecule has 3 rings (SSSR count). The van der Waals surface area contributed by atoms with Crippen LogP contribution < -0.4 is 0 Å². The summed E-state index contributed by atoms with van der Waals surface area (Å²) in [6, 6.07) is 5.99. The van der Waals surface area contributed by atoms with Gasteiger partial charge in [-0.15, -0.1) is 11.8 Å². The van der Waals surface area contributed by atoms with Crippen LogP contribution in [0.15, 0.2) is 57.5 Å². The van der Waals surface area contributed by atoms with Crippen LogP contribution in [0.4, 0.5) is 0 Å². The zero-order valence-electron chi connectivity index (χ0n) is 13.0. The number of aryl methyl sites for hydroxylation is 1. The summed E-state index contributed by atoms with van der Waals surface area (Å²) in [5, 5.41) is 0. The van der Waals surface area contributed by atoms with Crippen LogP contribution in [-0.2, 0) is 10.1 Å². The monoisotopic (exact) mass is 370 g/mol. The molecule has 0 amide bonds. The van der Waals surface area contributed by atoms with Crippen LogP contribution in [-0.4, -0.2) is 41.6 Å². The fraction of sp³-hybridized carbons (Fsp3) is 0.267. The standard InChI is InChI=1S/C8H10N2S2.C7H8O3S/c1-10-4-3-6-7(5-10)12-8(9-6)11-2;1-6-2-4-7(5-3-6)11(8,9)10/h3-5,8H,1-2H3;2-5H,1H3,(H,8,9,10). The molecule has 0 saturated heterocycles. The predicted molar refractivity (Wildman–Crippen MR) is 98.3 cm³/mol. The molecule has 1 N–H and O–H groups in total. The Kier molecular flexibility index (Phi) is 5.96. The molecule has 8 heteroatoms. The van der Waals surface area contributed by atoms with Crippen LogP contribution in [0.5, 0.6) is 0 Å². The Hall–Kier alpha value is -1.22. The van der Waals surface area contributed by atoms with Crippen molar-refractivity contribution in [3.8, 4) is 0 Å². The lowest BCUT2D eigenvalue weighted by Crippen LogP contribution is -2.09. The van der Waals surface area contributed by atoms with Gasteiger partial charge in [-0.2, -0.15) is 8.42 Å². The van der Waals surface area contributed by atoms with Crippen LogP contribution in [0.2, 0.25) is 0 Å². The maximum atomic E-state index is 10.5. The molecule has 0 saturated carbocycles. The third-order valence-corrected chi connectivity index (χ3v) is 6.15. The van der Waals surface area contributed by atoms with Gasteiger partial charge in [0.1, 0.15) is 4.71 Å². The van der Waals surface area contributed by atoms with E-state index in [0.717, 1.165) is 11.3 Å². The second-order valence-corrected chi connectivity index (χ2v) is 8.70. The van der Waals surface area contributed by atoms with Crippen molar-refractivity contribution in [1.82, 2.24) is 4.90 Å². The van der Waals surface area contributed by atoms with E-state index in [-0.39, 0.29) is 4.90 Å². The number of benzene rings is 1. The molecule has 0 spiro atoms. The van der Waals surface area contributed by atoms with E-state index in [9.17, 15) is 8.42 Å². The molecular weight excluding hydrogens is 352 g/mol. The fourth-order valence-electron chi connectivity index (χ4n) is 1.82. The lowest BCUT2D eigenvalue weighted by molar-refractivity contribution is 0.483. The number of nitrogens with zero attached hydrogens (tertiary/aromatic N) is 2. The molecule has 0 bridgehead atoms. The smallest absolute Gasteiger partial charge is 0.294 e. The number of aliphatic imine (C=N–C) groups is 1. The highest BCUT2D eigenvalue weighted by molar-refractivity contribution is 8.19. The van der Waals surface area contributed by atoms with Crippen LogP contribution in [0.1, 0.15) is 5.56 Å². The molecule has 0 aromatic heterocycles. The molecule has 23 heavy (non-hydrogen) atoms. The zero-order chi connectivity index (χ0) is 17.0. The summed E-state index contributed by atoms with van der Waals surface area (Å²) >= 11 is 3.61. The molecule has 0 aliphatic carbocycles. The predicted octanol–water partition coefficient (Wildman–Crippen LogP) is 3.36. The minimum absolute atomic E-state index is 0.0666. The van der Waals surface area contributed by atoms with Gasteiger partial charge in [-0.25, -0.2) is 0 Å². The molecule has 1 aromatic rings. The van der Waals surface area contributed by atoms with Gasteiger partial charge in [0.05, 0.1) is 15.5 Å². The third-order valence-electron chi connectivity index (χ3n) is 3.03. The fourth-order valence-corrected chi connectivity index (χ4v) is 4.07. The van der Waals surface area contributed by atoms with E-state index in [1.807, 2.05) is 31.9 Å². The van der Waals surface area contributed by atoms with E-state index in [2.05, 4.69) is 28.4 Å². The normalized spacial score (nSPS) is 19.5. The summed E-state index contributed by atoms with van der Waals surface area (Å²) in [4.78, 5) is 7.81. The van der Waals surface area contributed by atoms with Crippen molar-refractivity contribution in [2.45, 2.75) is 16.5 Å². The summed E-state index contributed by atoms with van der Waals surface area (Å²) in [5.41, 5.74) is 2.09. The van der Waals surface area contributed by atoms with Gasteiger partial charge in [0.25, 0.3) is 10.1 Å². The number of allylic oxidation sites excluding steroid dienone is 2. The van der Waals surface area contributed by atoms with E-state index in [1.54, 1.807) is 23.9 Å². The average Bonchev–Trinajstić information content (AvgIpc) is 2.89. The first-order valence-corrected chi connectivity index (χ1v) is 10.3. The van der Waals surface area contributed by atoms with Crippen LogP contribution in [0.25, 0.3) is 0 Å². The highest BCUT2D eigenvalue weighted by atomic mass is 32.2. The van der Waals surface area contributed by atoms with Crippen molar-refractivity contribution in [1.29, 1.82) is 0 Å². The van der Waals surface area contributed by atoms with Crippen molar-refractivity contribution in [2.24, 2.45) is 4.99 Å². The van der Waals surface area contributed by atoms with E-state index in [4.69, 9.17) is 4.55 Å². The van der Waals surface area contributed by atoms with Crippen LogP contribution in [0.3, 0.4) is 0 Å². The van der Waals surface area contributed by atoms with Gasteiger partial charge in [0.15, 0.2) is 0 Å². The Balaban J connectivity index is 0.000000168. The van der Waals surface area contributed by atoms with Crippen molar-refractivity contribution in [3.05, 3.63) is 53.2 Å². The number of thioether (sulfide) groups is 2. The molecule has 2 heterocycles. The first-order chi connectivity index (χ1) is 10.8. The van der Waals surface area contributed by atoms with E-state index < -0.39 is 10.1 Å². The molecule has 2 aliphatic heterocycles. The van der Waals surface area contributed by atoms with Crippen LogP contribution in [0, 0.1) is 6.92 Å². The lowest BCUT2D eigenvalue weighted by atomic mass is 10.2. The highest BCUT2D eigenvalue weighted by Gasteiger charge is 2.22. The van der Waals surface area contributed by atoms with Gasteiger partial charge in [-0.3, -0.25) is 9.55 Å². The quantitative estimate of drug-likeness (QED) is 0.805. The average molecular weight is 371 g/mol. The lowest BCUT2D eigenvalue weighted by Gasteiger charge is -2.13. The molecule has 1 atom stereocenters. The van der Waals surface area contributed by atoms with Crippen molar-refractivity contribution in [2.75, 3.05) is 13.3 Å². The molecule has 124 valence electrons. The van der Waals surface area contributed by atoms with Crippen LogP contribution >= 0.6 is 23.5 Å². The molecule has 1 unspecified atom stereocenters. The summed E-state index contributed by atoms with van der Waals surface area (Å²) in [6.45, 7) is 1.84. The largest absolute Gasteiger partial charge is 0.356 e. The zero-order valence-corrected chi connectivity index (χ0v) is 15.5. The van der Waals surface area contributed by atoms with E-state index in [1.165, 1.54) is 17.0 Å². The molecular formula is C15H18N2O3S3. The van der Waals surface area contributed by atoms with Gasteiger partial charge in [-0.1, -0.05) is 29.5 Å². The highest BCUT2D eigenvalue weighted by Crippen LogP contribution is 2.38. The molecule has 0 radical (unpaired) electrons. The molecule has 1 aromatic carbocycles. The van der Waals surface area contributed by atoms with Gasteiger partial charge < -0.3 is 4.90 Å². The van der Waals surface area contributed by atoms with Gasteiger partial charge in [0, 0.05) is 19.4 Å². The van der Waals surface area contributed by atoms with Crippen molar-refractivity contribution in [3.63, 3.8) is 0 Å². The van der Waals surface area contributed by atoms with Gasteiger partial charge >= 0.3 is 0 Å². The molecule has 0 fully saturated rings. The number of rotatable bonds is 2. The number of fused-ring (bicyclic) bond motifs is 1. The Morgan fingerprint density at radius 2 is 1.96 bits per heavy atom. The molecule has 2 aliphatic rings. The number of hydrogen-bond donors (Lipinski definition) is 1. The Morgan fingerprint density at radius 3 is 2.52 bits per heavy atom. The number of hydrogen-bond acceptors (Lipinski definition) is 6.